The second kappa shape index (κ2) is 5.98. The van der Waals surface area contributed by atoms with Gasteiger partial charge in [0.15, 0.2) is 0 Å². The van der Waals surface area contributed by atoms with Crippen molar-refractivity contribution < 1.29 is 0 Å². The lowest BCUT2D eigenvalue weighted by atomic mass is 10.0. The van der Waals surface area contributed by atoms with Crippen LogP contribution in [0.3, 0.4) is 0 Å². The molecule has 0 spiro atoms. The lowest BCUT2D eigenvalue weighted by molar-refractivity contribution is 0.552. The molecule has 0 radical (unpaired) electrons. The topological polar surface area (TPSA) is 38.0 Å². The number of nitrogens with two attached hydrogens (primary N) is 1. The third-order valence-electron chi connectivity index (χ3n) is 2.57. The van der Waals surface area contributed by atoms with Crippen LogP contribution in [0.1, 0.15) is 17.2 Å². The molecule has 0 aliphatic carbocycles. The Morgan fingerprint density at radius 2 is 2.24 bits per heavy atom. The molecule has 0 amide bonds. The second-order valence-corrected chi connectivity index (χ2v) is 5.77. The maximum absolute atomic E-state index is 6.08. The molecule has 90 valence electrons. The maximum atomic E-state index is 6.08. The zero-order valence-electron chi connectivity index (χ0n) is 8.99. The van der Waals surface area contributed by atoms with Crippen LogP contribution >= 0.6 is 38.9 Å². The molecule has 2 nitrogen and oxygen atoms in total. The predicted molar refractivity (Wildman–Crippen MR) is 77.2 cm³/mol. The van der Waals surface area contributed by atoms with Crippen LogP contribution in [0.4, 0.5) is 0 Å². The van der Waals surface area contributed by atoms with Gasteiger partial charge in [-0.25, -0.2) is 0 Å². The van der Waals surface area contributed by atoms with Crippen molar-refractivity contribution in [3.05, 3.63) is 55.6 Å². The monoisotopic (exact) mass is 330 g/mol. The molecule has 1 unspecified atom stereocenters. The quantitative estimate of drug-likeness (QED) is 0.658. The Balaban J connectivity index is 2.20. The predicted octanol–water partition coefficient (Wildman–Crippen LogP) is 3.91. The summed E-state index contributed by atoms with van der Waals surface area (Å²) in [6.07, 6.45) is 0.859. The van der Waals surface area contributed by atoms with Gasteiger partial charge in [0.25, 0.3) is 0 Å². The van der Waals surface area contributed by atoms with E-state index >= 15 is 0 Å². The highest BCUT2D eigenvalue weighted by atomic mass is 79.9. The van der Waals surface area contributed by atoms with Gasteiger partial charge in [-0.3, -0.25) is 11.3 Å². The fourth-order valence-electron chi connectivity index (χ4n) is 1.65. The SMILES string of the molecule is NNC(Cc1ccsc1)c1ccc(Br)c(Cl)c1. The second-order valence-electron chi connectivity index (χ2n) is 3.73. The summed E-state index contributed by atoms with van der Waals surface area (Å²) in [5.74, 6) is 5.61. The van der Waals surface area contributed by atoms with E-state index in [4.69, 9.17) is 17.4 Å². The van der Waals surface area contributed by atoms with Gasteiger partial charge in [-0.2, -0.15) is 11.3 Å². The third kappa shape index (κ3) is 3.30. The molecule has 17 heavy (non-hydrogen) atoms. The first-order valence-electron chi connectivity index (χ1n) is 5.13. The van der Waals surface area contributed by atoms with Crippen LogP contribution in [0, 0.1) is 0 Å². The third-order valence-corrected chi connectivity index (χ3v) is 4.53. The van der Waals surface area contributed by atoms with Gasteiger partial charge in [-0.15, -0.1) is 0 Å². The van der Waals surface area contributed by atoms with Crippen LogP contribution in [-0.2, 0) is 6.42 Å². The zero-order valence-corrected chi connectivity index (χ0v) is 12.1. The molecule has 1 aromatic carbocycles. The molecule has 2 rings (SSSR count). The van der Waals surface area contributed by atoms with Gasteiger partial charge in [0.2, 0.25) is 0 Å². The fourth-order valence-corrected chi connectivity index (χ4v) is 2.76. The van der Waals surface area contributed by atoms with E-state index in [1.54, 1.807) is 11.3 Å². The molecule has 0 aliphatic heterocycles. The van der Waals surface area contributed by atoms with E-state index in [1.165, 1.54) is 5.56 Å². The molecule has 0 fully saturated rings. The Morgan fingerprint density at radius 1 is 1.41 bits per heavy atom. The summed E-state index contributed by atoms with van der Waals surface area (Å²) in [6, 6.07) is 8.08. The summed E-state index contributed by atoms with van der Waals surface area (Å²) in [5, 5.41) is 4.90. The molecule has 0 aliphatic rings. The van der Waals surface area contributed by atoms with Gasteiger partial charge < -0.3 is 0 Å². The van der Waals surface area contributed by atoms with Gasteiger partial charge in [0.1, 0.15) is 0 Å². The van der Waals surface area contributed by atoms with Crippen LogP contribution in [-0.4, -0.2) is 0 Å². The normalized spacial score (nSPS) is 12.6. The van der Waals surface area contributed by atoms with E-state index in [-0.39, 0.29) is 6.04 Å². The number of rotatable bonds is 4. The fraction of sp³-hybridized carbons (Fsp3) is 0.167. The van der Waals surface area contributed by atoms with Crippen molar-refractivity contribution in [2.75, 3.05) is 0 Å². The zero-order chi connectivity index (χ0) is 12.3. The molecular weight excluding hydrogens is 320 g/mol. The number of thiophene rings is 1. The molecule has 1 heterocycles. The minimum Gasteiger partial charge on any atom is -0.271 e. The standard InChI is InChI=1S/C12H12BrClN2S/c13-10-2-1-9(6-11(10)14)12(16-15)5-8-3-4-17-7-8/h1-4,6-7,12,16H,5,15H2. The highest BCUT2D eigenvalue weighted by Crippen LogP contribution is 2.27. The van der Waals surface area contributed by atoms with Gasteiger partial charge >= 0.3 is 0 Å². The van der Waals surface area contributed by atoms with Crippen LogP contribution in [0.5, 0.6) is 0 Å². The lowest BCUT2D eigenvalue weighted by Crippen LogP contribution is -2.29. The molecule has 2 aromatic rings. The van der Waals surface area contributed by atoms with Gasteiger partial charge in [-0.1, -0.05) is 17.7 Å². The van der Waals surface area contributed by atoms with Crippen LogP contribution in [0.25, 0.3) is 0 Å². The van der Waals surface area contributed by atoms with E-state index in [0.717, 1.165) is 16.5 Å². The maximum Gasteiger partial charge on any atom is 0.0551 e. The summed E-state index contributed by atoms with van der Waals surface area (Å²) in [6.45, 7) is 0. The summed E-state index contributed by atoms with van der Waals surface area (Å²) in [7, 11) is 0. The summed E-state index contributed by atoms with van der Waals surface area (Å²) in [4.78, 5) is 0. The van der Waals surface area contributed by atoms with E-state index in [1.807, 2.05) is 18.2 Å². The van der Waals surface area contributed by atoms with Crippen LogP contribution in [0.15, 0.2) is 39.5 Å². The van der Waals surface area contributed by atoms with Gasteiger partial charge in [0, 0.05) is 4.47 Å². The molecule has 1 aromatic heterocycles. The highest BCUT2D eigenvalue weighted by molar-refractivity contribution is 9.10. The molecule has 0 saturated carbocycles. The minimum absolute atomic E-state index is 0.0789. The number of hydrogen-bond acceptors (Lipinski definition) is 3. The smallest absolute Gasteiger partial charge is 0.0551 e. The summed E-state index contributed by atoms with van der Waals surface area (Å²) in [5.41, 5.74) is 5.20. The van der Waals surface area contributed by atoms with Crippen molar-refractivity contribution in [2.45, 2.75) is 12.5 Å². The first-order chi connectivity index (χ1) is 8.20. The van der Waals surface area contributed by atoms with Gasteiger partial charge in [-0.05, 0) is 62.4 Å². The van der Waals surface area contributed by atoms with Crippen molar-refractivity contribution in [1.29, 1.82) is 0 Å². The Kier molecular flexibility index (Phi) is 4.59. The number of halogens is 2. The van der Waals surface area contributed by atoms with Crippen LogP contribution in [0.2, 0.25) is 5.02 Å². The van der Waals surface area contributed by atoms with E-state index < -0.39 is 0 Å². The molecule has 0 bridgehead atoms. The first-order valence-corrected chi connectivity index (χ1v) is 7.24. The molecule has 5 heteroatoms. The first kappa shape index (κ1) is 13.1. The minimum atomic E-state index is 0.0789. The number of nitrogens with one attached hydrogen (secondary N) is 1. The lowest BCUT2D eigenvalue weighted by Gasteiger charge is -2.16. The number of hydrazine groups is 1. The summed E-state index contributed by atoms with van der Waals surface area (Å²) >= 11 is 11.2. The average molecular weight is 332 g/mol. The van der Waals surface area contributed by atoms with Crippen molar-refractivity contribution in [1.82, 2.24) is 5.43 Å². The van der Waals surface area contributed by atoms with Crippen molar-refractivity contribution in [3.63, 3.8) is 0 Å². The Hall–Kier alpha value is -0.390. The Bertz CT molecular complexity index is 487. The molecule has 3 N–H and O–H groups in total. The Labute approximate surface area is 118 Å². The largest absolute Gasteiger partial charge is 0.271 e. The number of hydrogen-bond donors (Lipinski definition) is 2. The van der Waals surface area contributed by atoms with E-state index in [0.29, 0.717) is 5.02 Å². The van der Waals surface area contributed by atoms with Crippen molar-refractivity contribution >= 4 is 38.9 Å². The molecular formula is C12H12BrClN2S. The van der Waals surface area contributed by atoms with Gasteiger partial charge in [0.05, 0.1) is 11.1 Å². The van der Waals surface area contributed by atoms with E-state index in [2.05, 4.69) is 38.2 Å². The van der Waals surface area contributed by atoms with E-state index in [9.17, 15) is 0 Å². The number of benzene rings is 1. The molecule has 0 saturated heterocycles. The average Bonchev–Trinajstić information content (AvgIpc) is 2.82. The van der Waals surface area contributed by atoms with Crippen molar-refractivity contribution in [2.24, 2.45) is 5.84 Å². The summed E-state index contributed by atoms with van der Waals surface area (Å²) < 4.78 is 0.897. The highest BCUT2D eigenvalue weighted by Gasteiger charge is 2.12. The van der Waals surface area contributed by atoms with Crippen molar-refractivity contribution in [3.8, 4) is 0 Å². The van der Waals surface area contributed by atoms with Crippen LogP contribution < -0.4 is 11.3 Å². The molecule has 1 atom stereocenters. The Morgan fingerprint density at radius 3 is 2.82 bits per heavy atom.